The summed E-state index contributed by atoms with van der Waals surface area (Å²) in [5, 5.41) is 4.06. The first-order valence-corrected chi connectivity index (χ1v) is 6.22. The standard InChI is InChI=1S/C14H18FN3O/c1-10(16)11-3-4-14(13(15)9-11)19-8-6-12-5-7-17-18(12)2/h3-5,7,9-10H,6,8,16H2,1-2H3/t10-/m1/s1. The molecule has 1 aromatic carbocycles. The number of benzene rings is 1. The lowest BCUT2D eigenvalue weighted by atomic mass is 10.1. The van der Waals surface area contributed by atoms with E-state index in [-0.39, 0.29) is 17.6 Å². The maximum absolute atomic E-state index is 13.8. The maximum Gasteiger partial charge on any atom is 0.165 e. The molecule has 0 saturated carbocycles. The van der Waals surface area contributed by atoms with Crippen molar-refractivity contribution >= 4 is 0 Å². The monoisotopic (exact) mass is 263 g/mol. The molecule has 0 amide bonds. The van der Waals surface area contributed by atoms with Crippen molar-refractivity contribution in [1.82, 2.24) is 9.78 Å². The molecule has 1 heterocycles. The highest BCUT2D eigenvalue weighted by Gasteiger charge is 2.07. The molecule has 0 spiro atoms. The van der Waals surface area contributed by atoms with Crippen molar-refractivity contribution in [2.75, 3.05) is 6.61 Å². The first kappa shape index (κ1) is 13.5. The number of aromatic nitrogens is 2. The van der Waals surface area contributed by atoms with Crippen LogP contribution < -0.4 is 10.5 Å². The van der Waals surface area contributed by atoms with Crippen molar-refractivity contribution < 1.29 is 9.13 Å². The topological polar surface area (TPSA) is 53.1 Å². The van der Waals surface area contributed by atoms with E-state index in [1.807, 2.05) is 20.0 Å². The molecular weight excluding hydrogens is 245 g/mol. The van der Waals surface area contributed by atoms with Gasteiger partial charge in [0.15, 0.2) is 11.6 Å². The average molecular weight is 263 g/mol. The van der Waals surface area contributed by atoms with E-state index in [4.69, 9.17) is 10.5 Å². The Kier molecular flexibility index (Phi) is 4.16. The Hall–Kier alpha value is -1.88. The number of aryl methyl sites for hydroxylation is 1. The summed E-state index contributed by atoms with van der Waals surface area (Å²) >= 11 is 0. The minimum absolute atomic E-state index is 0.182. The normalized spacial score (nSPS) is 12.4. The lowest BCUT2D eigenvalue weighted by Gasteiger charge is -2.10. The number of nitrogens with two attached hydrogens (primary N) is 1. The van der Waals surface area contributed by atoms with Crippen molar-refractivity contribution in [3.05, 3.63) is 47.5 Å². The average Bonchev–Trinajstić information content (AvgIpc) is 2.77. The fourth-order valence-electron chi connectivity index (χ4n) is 1.83. The van der Waals surface area contributed by atoms with Crippen LogP contribution in [0.4, 0.5) is 4.39 Å². The lowest BCUT2D eigenvalue weighted by Crippen LogP contribution is -2.08. The van der Waals surface area contributed by atoms with Gasteiger partial charge >= 0.3 is 0 Å². The van der Waals surface area contributed by atoms with E-state index in [0.29, 0.717) is 13.0 Å². The first-order chi connectivity index (χ1) is 9.08. The van der Waals surface area contributed by atoms with Gasteiger partial charge in [-0.2, -0.15) is 5.10 Å². The van der Waals surface area contributed by atoms with Crippen LogP contribution in [0.1, 0.15) is 24.2 Å². The molecule has 2 rings (SSSR count). The summed E-state index contributed by atoms with van der Waals surface area (Å²) < 4.78 is 21.0. The Balaban J connectivity index is 1.95. The third-order valence-corrected chi connectivity index (χ3v) is 3.02. The van der Waals surface area contributed by atoms with Crippen LogP contribution in [0.3, 0.4) is 0 Å². The van der Waals surface area contributed by atoms with Gasteiger partial charge in [-0.3, -0.25) is 4.68 Å². The summed E-state index contributed by atoms with van der Waals surface area (Å²) in [5.41, 5.74) is 7.51. The molecule has 0 aliphatic rings. The van der Waals surface area contributed by atoms with Gasteiger partial charge in [-0.25, -0.2) is 4.39 Å². The van der Waals surface area contributed by atoms with Gasteiger partial charge in [0.2, 0.25) is 0 Å². The van der Waals surface area contributed by atoms with Gasteiger partial charge in [0.05, 0.1) is 6.61 Å². The number of halogens is 1. The van der Waals surface area contributed by atoms with Crippen LogP contribution in [0.5, 0.6) is 5.75 Å². The maximum atomic E-state index is 13.8. The Labute approximate surface area is 112 Å². The van der Waals surface area contributed by atoms with Gasteiger partial charge < -0.3 is 10.5 Å². The second-order valence-electron chi connectivity index (χ2n) is 4.52. The zero-order valence-electron chi connectivity index (χ0n) is 11.1. The third-order valence-electron chi connectivity index (χ3n) is 3.02. The fraction of sp³-hybridized carbons (Fsp3) is 0.357. The van der Waals surface area contributed by atoms with E-state index in [2.05, 4.69) is 5.10 Å². The number of ether oxygens (including phenoxy) is 1. The molecule has 2 aromatic rings. The molecule has 4 nitrogen and oxygen atoms in total. The second-order valence-corrected chi connectivity index (χ2v) is 4.52. The van der Waals surface area contributed by atoms with Crippen molar-refractivity contribution in [2.45, 2.75) is 19.4 Å². The Morgan fingerprint density at radius 1 is 1.42 bits per heavy atom. The largest absolute Gasteiger partial charge is 0.490 e. The van der Waals surface area contributed by atoms with Crippen LogP contribution in [0.2, 0.25) is 0 Å². The molecule has 2 N–H and O–H groups in total. The molecule has 0 saturated heterocycles. The molecule has 0 bridgehead atoms. The summed E-state index contributed by atoms with van der Waals surface area (Å²) in [6, 6.07) is 6.56. The molecular formula is C14H18FN3O. The molecule has 0 fully saturated rings. The molecule has 5 heteroatoms. The second kappa shape index (κ2) is 5.84. The van der Waals surface area contributed by atoms with Crippen molar-refractivity contribution in [2.24, 2.45) is 12.8 Å². The fourth-order valence-corrected chi connectivity index (χ4v) is 1.83. The first-order valence-electron chi connectivity index (χ1n) is 6.22. The van der Waals surface area contributed by atoms with E-state index in [9.17, 15) is 4.39 Å². The predicted octanol–water partition coefficient (Wildman–Crippen LogP) is 2.20. The van der Waals surface area contributed by atoms with E-state index in [0.717, 1.165) is 11.3 Å². The Morgan fingerprint density at radius 3 is 2.79 bits per heavy atom. The number of rotatable bonds is 5. The van der Waals surface area contributed by atoms with Gasteiger partial charge in [-0.05, 0) is 30.7 Å². The molecule has 1 atom stereocenters. The smallest absolute Gasteiger partial charge is 0.165 e. The van der Waals surface area contributed by atoms with E-state index >= 15 is 0 Å². The van der Waals surface area contributed by atoms with Crippen LogP contribution in [0.25, 0.3) is 0 Å². The number of nitrogens with zero attached hydrogens (tertiary/aromatic N) is 2. The summed E-state index contributed by atoms with van der Waals surface area (Å²) in [4.78, 5) is 0. The molecule has 1 aromatic heterocycles. The summed E-state index contributed by atoms with van der Waals surface area (Å²) in [6.07, 6.45) is 2.42. The molecule has 19 heavy (non-hydrogen) atoms. The number of hydrogen-bond acceptors (Lipinski definition) is 3. The van der Waals surface area contributed by atoms with Crippen LogP contribution in [-0.4, -0.2) is 16.4 Å². The lowest BCUT2D eigenvalue weighted by molar-refractivity contribution is 0.302. The number of hydrogen-bond donors (Lipinski definition) is 1. The van der Waals surface area contributed by atoms with Gasteiger partial charge in [0.25, 0.3) is 0 Å². The van der Waals surface area contributed by atoms with Gasteiger partial charge in [0, 0.05) is 31.4 Å². The highest BCUT2D eigenvalue weighted by molar-refractivity contribution is 5.30. The van der Waals surface area contributed by atoms with E-state index in [1.165, 1.54) is 6.07 Å². The van der Waals surface area contributed by atoms with Crippen LogP contribution in [0, 0.1) is 5.82 Å². The van der Waals surface area contributed by atoms with E-state index in [1.54, 1.807) is 23.0 Å². The Bertz CT molecular complexity index is 551. The highest BCUT2D eigenvalue weighted by atomic mass is 19.1. The third kappa shape index (κ3) is 3.32. The molecule has 102 valence electrons. The zero-order chi connectivity index (χ0) is 13.8. The van der Waals surface area contributed by atoms with Crippen molar-refractivity contribution in [3.8, 4) is 5.75 Å². The summed E-state index contributed by atoms with van der Waals surface area (Å²) in [5.74, 6) is -0.119. The molecule has 0 radical (unpaired) electrons. The Morgan fingerprint density at radius 2 is 2.21 bits per heavy atom. The summed E-state index contributed by atoms with van der Waals surface area (Å²) in [7, 11) is 1.87. The SMILES string of the molecule is C[C@@H](N)c1ccc(OCCc2ccnn2C)c(F)c1. The van der Waals surface area contributed by atoms with Gasteiger partial charge in [0.1, 0.15) is 0 Å². The highest BCUT2D eigenvalue weighted by Crippen LogP contribution is 2.21. The molecule has 0 aliphatic heterocycles. The molecule has 0 unspecified atom stereocenters. The quantitative estimate of drug-likeness (QED) is 0.899. The van der Waals surface area contributed by atoms with Crippen LogP contribution >= 0.6 is 0 Å². The van der Waals surface area contributed by atoms with E-state index < -0.39 is 0 Å². The minimum atomic E-state index is -0.375. The van der Waals surface area contributed by atoms with Crippen molar-refractivity contribution in [1.29, 1.82) is 0 Å². The zero-order valence-corrected chi connectivity index (χ0v) is 11.1. The van der Waals surface area contributed by atoms with Crippen LogP contribution in [0.15, 0.2) is 30.5 Å². The van der Waals surface area contributed by atoms with Gasteiger partial charge in [-0.15, -0.1) is 0 Å². The van der Waals surface area contributed by atoms with Gasteiger partial charge in [-0.1, -0.05) is 6.07 Å². The van der Waals surface area contributed by atoms with Crippen LogP contribution in [-0.2, 0) is 13.5 Å². The van der Waals surface area contributed by atoms with Crippen molar-refractivity contribution in [3.63, 3.8) is 0 Å². The molecule has 0 aliphatic carbocycles. The predicted molar refractivity (Wildman–Crippen MR) is 71.4 cm³/mol. The summed E-state index contributed by atoms with van der Waals surface area (Å²) in [6.45, 7) is 2.23. The minimum Gasteiger partial charge on any atom is -0.490 e.